The van der Waals surface area contributed by atoms with Crippen LogP contribution in [0.5, 0.6) is 0 Å². The third-order valence-electron chi connectivity index (χ3n) is 3.71. The summed E-state index contributed by atoms with van der Waals surface area (Å²) in [5.41, 5.74) is 0.887. The summed E-state index contributed by atoms with van der Waals surface area (Å²) in [6, 6.07) is 12.7. The minimum absolute atomic E-state index is 0.000722. The molecule has 8 heteroatoms. The molecule has 1 fully saturated rings. The number of nitrogens with zero attached hydrogens (tertiary/aromatic N) is 1. The molecule has 3 rings (SSSR count). The fraction of sp³-hybridized carbons (Fsp3) is 0.167. The molecule has 5 nitrogen and oxygen atoms in total. The summed E-state index contributed by atoms with van der Waals surface area (Å²) in [6.45, 7) is 0. The Labute approximate surface area is 167 Å². The maximum atomic E-state index is 13.1. The van der Waals surface area contributed by atoms with Crippen LogP contribution in [0.1, 0.15) is 6.42 Å². The van der Waals surface area contributed by atoms with E-state index >= 15 is 0 Å². The minimum Gasteiger partial charge on any atom is -0.325 e. The zero-order chi connectivity index (χ0) is 18.7. The van der Waals surface area contributed by atoms with Crippen molar-refractivity contribution in [2.24, 2.45) is 0 Å². The number of amides is 3. The summed E-state index contributed by atoms with van der Waals surface area (Å²) in [7, 11) is 0. The smallest absolute Gasteiger partial charge is 0.247 e. The monoisotopic (exact) mass is 484 g/mol. The third kappa shape index (κ3) is 4.42. The zero-order valence-electron chi connectivity index (χ0n) is 13.4. The van der Waals surface area contributed by atoms with Crippen molar-refractivity contribution in [3.8, 4) is 0 Å². The molecule has 1 aliphatic heterocycles. The van der Waals surface area contributed by atoms with Crippen molar-refractivity contribution < 1.29 is 18.8 Å². The lowest BCUT2D eigenvalue weighted by Crippen LogP contribution is -2.31. The van der Waals surface area contributed by atoms with Crippen LogP contribution < -0.4 is 10.2 Å². The molecule has 0 bridgehead atoms. The van der Waals surface area contributed by atoms with Crippen molar-refractivity contribution in [1.82, 2.24) is 0 Å². The number of benzene rings is 2. The van der Waals surface area contributed by atoms with Gasteiger partial charge in [-0.1, -0.05) is 6.07 Å². The van der Waals surface area contributed by atoms with Gasteiger partial charge in [0.25, 0.3) is 0 Å². The molecule has 26 heavy (non-hydrogen) atoms. The number of thioether (sulfide) groups is 1. The van der Waals surface area contributed by atoms with Gasteiger partial charge >= 0.3 is 0 Å². The number of hydrogen-bond donors (Lipinski definition) is 1. The highest BCUT2D eigenvalue weighted by Crippen LogP contribution is 2.30. The molecule has 0 unspecified atom stereocenters. The normalized spacial score (nSPS) is 16.8. The maximum Gasteiger partial charge on any atom is 0.247 e. The average Bonchev–Trinajstić information content (AvgIpc) is 2.88. The fourth-order valence-electron chi connectivity index (χ4n) is 2.54. The van der Waals surface area contributed by atoms with Gasteiger partial charge in [0.2, 0.25) is 17.7 Å². The molecule has 1 aliphatic rings. The number of hydrogen-bond acceptors (Lipinski definition) is 4. The molecule has 1 N–H and O–H groups in total. The number of nitrogens with one attached hydrogen (secondary N) is 1. The highest BCUT2D eigenvalue weighted by atomic mass is 127. The number of carbonyl (C=O) groups excluding carboxylic acids is 3. The van der Waals surface area contributed by atoms with Gasteiger partial charge in [-0.15, -0.1) is 11.8 Å². The quantitative estimate of drug-likeness (QED) is 0.522. The lowest BCUT2D eigenvalue weighted by atomic mass is 10.3. The topological polar surface area (TPSA) is 66.5 Å². The summed E-state index contributed by atoms with van der Waals surface area (Å²) in [5, 5.41) is 1.97. The van der Waals surface area contributed by atoms with Crippen LogP contribution in [-0.2, 0) is 14.4 Å². The highest BCUT2D eigenvalue weighted by Gasteiger charge is 2.40. The van der Waals surface area contributed by atoms with Crippen LogP contribution >= 0.6 is 34.4 Å². The molecule has 0 spiro atoms. The van der Waals surface area contributed by atoms with E-state index in [1.54, 1.807) is 18.2 Å². The van der Waals surface area contributed by atoms with Gasteiger partial charge in [0.1, 0.15) is 5.82 Å². The van der Waals surface area contributed by atoms with Gasteiger partial charge in [-0.3, -0.25) is 14.4 Å². The van der Waals surface area contributed by atoms with Crippen molar-refractivity contribution in [2.75, 3.05) is 16.0 Å². The molecule has 2 aromatic rings. The summed E-state index contributed by atoms with van der Waals surface area (Å²) < 4.78 is 14.1. The van der Waals surface area contributed by atoms with E-state index in [0.29, 0.717) is 11.4 Å². The Hall–Kier alpha value is -1.94. The largest absolute Gasteiger partial charge is 0.325 e. The number of carbonyl (C=O) groups is 3. The minimum atomic E-state index is -0.597. The van der Waals surface area contributed by atoms with Crippen molar-refractivity contribution >= 4 is 63.4 Å². The standard InChI is InChI=1S/C18H14FIN2O3S/c19-11-2-1-3-13(8-11)21-16(23)10-26-15-9-17(24)22(18(15)25)14-6-4-12(20)5-7-14/h1-8,15H,9-10H2,(H,21,23)/t15-/m1/s1. The Morgan fingerprint density at radius 2 is 1.96 bits per heavy atom. The first-order valence-electron chi connectivity index (χ1n) is 7.73. The fourth-order valence-corrected chi connectivity index (χ4v) is 3.83. The maximum absolute atomic E-state index is 13.1. The Bertz CT molecular complexity index is 860. The molecule has 0 saturated carbocycles. The first-order valence-corrected chi connectivity index (χ1v) is 9.86. The zero-order valence-corrected chi connectivity index (χ0v) is 16.4. The van der Waals surface area contributed by atoms with Crippen molar-refractivity contribution in [2.45, 2.75) is 11.7 Å². The van der Waals surface area contributed by atoms with E-state index in [1.807, 2.05) is 12.1 Å². The van der Waals surface area contributed by atoms with E-state index in [0.717, 1.165) is 20.2 Å². The van der Waals surface area contributed by atoms with E-state index in [9.17, 15) is 18.8 Å². The lowest BCUT2D eigenvalue weighted by molar-refractivity contribution is -0.121. The van der Waals surface area contributed by atoms with Crippen molar-refractivity contribution in [3.05, 3.63) is 57.9 Å². The van der Waals surface area contributed by atoms with E-state index in [4.69, 9.17) is 0 Å². The van der Waals surface area contributed by atoms with Gasteiger partial charge in [-0.05, 0) is 65.1 Å². The summed E-state index contributed by atoms with van der Waals surface area (Å²) in [4.78, 5) is 37.9. The second-order valence-electron chi connectivity index (χ2n) is 5.61. The molecule has 1 heterocycles. The predicted octanol–water partition coefficient (Wildman–Crippen LogP) is 3.43. The first-order chi connectivity index (χ1) is 12.4. The number of imide groups is 1. The molecule has 1 atom stereocenters. The molecule has 0 aliphatic carbocycles. The van der Waals surface area contributed by atoms with E-state index in [2.05, 4.69) is 27.9 Å². The third-order valence-corrected chi connectivity index (χ3v) is 5.63. The SMILES string of the molecule is O=C(CS[C@@H]1CC(=O)N(c2ccc(I)cc2)C1=O)Nc1cccc(F)c1. The first kappa shape index (κ1) is 18.8. The van der Waals surface area contributed by atoms with Gasteiger partial charge in [0.05, 0.1) is 16.7 Å². The van der Waals surface area contributed by atoms with E-state index in [-0.39, 0.29) is 29.9 Å². The van der Waals surface area contributed by atoms with Crippen LogP contribution in [0.25, 0.3) is 0 Å². The molecule has 1 saturated heterocycles. The van der Waals surface area contributed by atoms with Crippen LogP contribution in [0, 0.1) is 9.39 Å². The highest BCUT2D eigenvalue weighted by molar-refractivity contribution is 14.1. The van der Waals surface area contributed by atoms with Gasteiger partial charge in [0.15, 0.2) is 0 Å². The second kappa shape index (κ2) is 8.17. The van der Waals surface area contributed by atoms with Gasteiger partial charge in [0, 0.05) is 15.7 Å². The Morgan fingerprint density at radius 1 is 1.23 bits per heavy atom. The molecule has 3 amide bonds. The molecule has 2 aromatic carbocycles. The summed E-state index contributed by atoms with van der Waals surface area (Å²) >= 11 is 3.26. The summed E-state index contributed by atoms with van der Waals surface area (Å²) in [5.74, 6) is -1.39. The Kier molecular flexibility index (Phi) is 5.92. The molecular weight excluding hydrogens is 470 g/mol. The lowest BCUT2D eigenvalue weighted by Gasteiger charge is -2.15. The van der Waals surface area contributed by atoms with E-state index in [1.165, 1.54) is 18.2 Å². The van der Waals surface area contributed by atoms with Crippen molar-refractivity contribution in [3.63, 3.8) is 0 Å². The molecular formula is C18H14FIN2O3S. The molecule has 0 radical (unpaired) electrons. The van der Waals surface area contributed by atoms with Gasteiger partial charge < -0.3 is 5.32 Å². The van der Waals surface area contributed by atoms with E-state index < -0.39 is 11.1 Å². The van der Waals surface area contributed by atoms with Gasteiger partial charge in [-0.25, -0.2) is 9.29 Å². The molecule has 0 aromatic heterocycles. The second-order valence-corrected chi connectivity index (χ2v) is 8.04. The number of anilines is 2. The summed E-state index contributed by atoms with van der Waals surface area (Å²) in [6.07, 6.45) is 0.0583. The van der Waals surface area contributed by atoms with Crippen LogP contribution in [-0.4, -0.2) is 28.7 Å². The molecule has 134 valence electrons. The average molecular weight is 484 g/mol. The van der Waals surface area contributed by atoms with Crippen LogP contribution in [0.15, 0.2) is 48.5 Å². The van der Waals surface area contributed by atoms with Crippen molar-refractivity contribution in [1.29, 1.82) is 0 Å². The Morgan fingerprint density at radius 3 is 2.65 bits per heavy atom. The van der Waals surface area contributed by atoms with Crippen LogP contribution in [0.3, 0.4) is 0 Å². The number of halogens is 2. The van der Waals surface area contributed by atoms with Gasteiger partial charge in [-0.2, -0.15) is 0 Å². The van der Waals surface area contributed by atoms with Crippen LogP contribution in [0.2, 0.25) is 0 Å². The Balaban J connectivity index is 1.59. The predicted molar refractivity (Wildman–Crippen MR) is 108 cm³/mol. The van der Waals surface area contributed by atoms with Crippen LogP contribution in [0.4, 0.5) is 15.8 Å². The number of rotatable bonds is 5.